The fourth-order valence-corrected chi connectivity index (χ4v) is 2.49. The molecule has 13 heavy (non-hydrogen) atoms. The molecule has 1 unspecified atom stereocenters. The lowest BCUT2D eigenvalue weighted by atomic mass is 10.1. The van der Waals surface area contributed by atoms with Gasteiger partial charge in [0, 0.05) is 11.3 Å². The highest BCUT2D eigenvalue weighted by atomic mass is 32.2. The van der Waals surface area contributed by atoms with Gasteiger partial charge in [0.15, 0.2) is 0 Å². The molecule has 0 heterocycles. The van der Waals surface area contributed by atoms with Crippen molar-refractivity contribution in [2.45, 2.75) is 44.3 Å². The maximum Gasteiger partial charge on any atom is 0.0282 e. The quantitative estimate of drug-likeness (QED) is 0.680. The first-order chi connectivity index (χ1) is 6.22. The number of hydrogen-bond acceptors (Lipinski definition) is 2. The zero-order chi connectivity index (χ0) is 9.73. The van der Waals surface area contributed by atoms with Gasteiger partial charge in [-0.05, 0) is 38.0 Å². The average Bonchev–Trinajstić information content (AvgIpc) is 2.86. The van der Waals surface area contributed by atoms with E-state index in [1.807, 2.05) is 11.8 Å². The van der Waals surface area contributed by atoms with E-state index in [2.05, 4.69) is 25.4 Å². The largest absolute Gasteiger partial charge is 0.315 e. The molecular formula is C11H23NS. The molecule has 1 aliphatic carbocycles. The van der Waals surface area contributed by atoms with Crippen LogP contribution in [0.25, 0.3) is 0 Å². The second-order valence-corrected chi connectivity index (χ2v) is 5.69. The van der Waals surface area contributed by atoms with Crippen LogP contribution in [-0.2, 0) is 0 Å². The first-order valence-corrected chi connectivity index (χ1v) is 6.71. The Kier molecular flexibility index (Phi) is 4.60. The monoisotopic (exact) mass is 201 g/mol. The Morgan fingerprint density at radius 1 is 1.46 bits per heavy atom. The summed E-state index contributed by atoms with van der Waals surface area (Å²) < 4.78 is 0.631. The Labute approximate surface area is 87.1 Å². The van der Waals surface area contributed by atoms with Crippen LogP contribution in [0.2, 0.25) is 0 Å². The van der Waals surface area contributed by atoms with Gasteiger partial charge in [0.2, 0.25) is 0 Å². The number of hydrogen-bond donors (Lipinski definition) is 1. The molecule has 0 aliphatic heterocycles. The highest BCUT2D eigenvalue weighted by Crippen LogP contribution is 2.46. The summed E-state index contributed by atoms with van der Waals surface area (Å²) in [6, 6.07) is 0. The predicted octanol–water partition coefficient (Wildman–Crippen LogP) is 2.91. The SMILES string of the molecule is CCCC(C)CNCC1(SC)CC1. The van der Waals surface area contributed by atoms with Crippen molar-refractivity contribution in [3.05, 3.63) is 0 Å². The Morgan fingerprint density at radius 2 is 2.15 bits per heavy atom. The first kappa shape index (κ1) is 11.4. The summed E-state index contributed by atoms with van der Waals surface area (Å²) >= 11 is 2.04. The second kappa shape index (κ2) is 5.26. The van der Waals surface area contributed by atoms with Crippen LogP contribution in [0, 0.1) is 5.92 Å². The van der Waals surface area contributed by atoms with Crippen molar-refractivity contribution in [3.8, 4) is 0 Å². The van der Waals surface area contributed by atoms with Crippen LogP contribution in [0.15, 0.2) is 0 Å². The van der Waals surface area contributed by atoms with Gasteiger partial charge in [-0.15, -0.1) is 0 Å². The number of nitrogens with one attached hydrogen (secondary N) is 1. The topological polar surface area (TPSA) is 12.0 Å². The smallest absolute Gasteiger partial charge is 0.0282 e. The minimum Gasteiger partial charge on any atom is -0.315 e. The van der Waals surface area contributed by atoms with Crippen LogP contribution >= 0.6 is 11.8 Å². The third-order valence-corrected chi connectivity index (χ3v) is 4.38. The molecule has 0 saturated heterocycles. The zero-order valence-electron chi connectivity index (χ0n) is 9.23. The van der Waals surface area contributed by atoms with Crippen molar-refractivity contribution in [2.75, 3.05) is 19.3 Å². The Bertz CT molecular complexity index is 143. The van der Waals surface area contributed by atoms with E-state index in [1.54, 1.807) is 0 Å². The summed E-state index contributed by atoms with van der Waals surface area (Å²) in [7, 11) is 0. The van der Waals surface area contributed by atoms with Crippen LogP contribution in [-0.4, -0.2) is 24.1 Å². The van der Waals surface area contributed by atoms with Crippen LogP contribution in [0.3, 0.4) is 0 Å². The third kappa shape index (κ3) is 3.90. The lowest BCUT2D eigenvalue weighted by Gasteiger charge is -2.16. The lowest BCUT2D eigenvalue weighted by Crippen LogP contribution is -2.29. The molecule has 0 spiro atoms. The van der Waals surface area contributed by atoms with E-state index in [1.165, 1.54) is 38.8 Å². The molecular weight excluding hydrogens is 178 g/mol. The van der Waals surface area contributed by atoms with Crippen molar-refractivity contribution in [1.82, 2.24) is 5.32 Å². The van der Waals surface area contributed by atoms with Gasteiger partial charge in [0.1, 0.15) is 0 Å². The standard InChI is InChI=1S/C11H23NS/c1-4-5-10(2)8-12-9-11(13-3)6-7-11/h10,12H,4-9H2,1-3H3. The molecule has 0 aromatic carbocycles. The maximum absolute atomic E-state index is 3.60. The molecule has 0 aromatic rings. The van der Waals surface area contributed by atoms with E-state index in [0.29, 0.717) is 4.75 Å². The van der Waals surface area contributed by atoms with Gasteiger partial charge in [0.05, 0.1) is 0 Å². The predicted molar refractivity (Wildman–Crippen MR) is 62.4 cm³/mol. The molecule has 1 N–H and O–H groups in total. The maximum atomic E-state index is 3.60. The van der Waals surface area contributed by atoms with Crippen molar-refractivity contribution < 1.29 is 0 Å². The van der Waals surface area contributed by atoms with Crippen LogP contribution in [0.1, 0.15) is 39.5 Å². The molecule has 78 valence electrons. The van der Waals surface area contributed by atoms with Gasteiger partial charge in [0.25, 0.3) is 0 Å². The molecule has 1 nitrogen and oxygen atoms in total. The van der Waals surface area contributed by atoms with Crippen LogP contribution < -0.4 is 5.32 Å². The minimum absolute atomic E-state index is 0.631. The first-order valence-electron chi connectivity index (χ1n) is 5.48. The van der Waals surface area contributed by atoms with Gasteiger partial charge in [-0.2, -0.15) is 11.8 Å². The fourth-order valence-electron chi connectivity index (χ4n) is 1.73. The molecule has 1 atom stereocenters. The van der Waals surface area contributed by atoms with E-state index in [-0.39, 0.29) is 0 Å². The number of thioether (sulfide) groups is 1. The second-order valence-electron chi connectivity index (χ2n) is 4.41. The van der Waals surface area contributed by atoms with E-state index in [4.69, 9.17) is 0 Å². The summed E-state index contributed by atoms with van der Waals surface area (Å²) in [4.78, 5) is 0. The molecule has 1 rings (SSSR count). The Balaban J connectivity index is 2.00. The highest BCUT2D eigenvalue weighted by Gasteiger charge is 2.41. The molecule has 0 bridgehead atoms. The normalized spacial score (nSPS) is 21.5. The van der Waals surface area contributed by atoms with Crippen molar-refractivity contribution in [2.24, 2.45) is 5.92 Å². The van der Waals surface area contributed by atoms with Gasteiger partial charge in [-0.1, -0.05) is 20.3 Å². The molecule has 0 radical (unpaired) electrons. The van der Waals surface area contributed by atoms with Crippen LogP contribution in [0.4, 0.5) is 0 Å². The van der Waals surface area contributed by atoms with E-state index in [9.17, 15) is 0 Å². The highest BCUT2D eigenvalue weighted by molar-refractivity contribution is 8.00. The molecule has 2 heteroatoms. The Morgan fingerprint density at radius 3 is 2.62 bits per heavy atom. The summed E-state index contributed by atoms with van der Waals surface area (Å²) in [5.41, 5.74) is 0. The third-order valence-electron chi connectivity index (χ3n) is 2.96. The van der Waals surface area contributed by atoms with Gasteiger partial charge in [-0.25, -0.2) is 0 Å². The van der Waals surface area contributed by atoms with Crippen molar-refractivity contribution in [3.63, 3.8) is 0 Å². The summed E-state index contributed by atoms with van der Waals surface area (Å²) in [6.07, 6.45) is 7.76. The molecule has 0 amide bonds. The van der Waals surface area contributed by atoms with Gasteiger partial charge < -0.3 is 5.32 Å². The van der Waals surface area contributed by atoms with Gasteiger partial charge >= 0.3 is 0 Å². The van der Waals surface area contributed by atoms with Gasteiger partial charge in [-0.3, -0.25) is 0 Å². The van der Waals surface area contributed by atoms with E-state index in [0.717, 1.165) is 5.92 Å². The molecule has 1 saturated carbocycles. The minimum atomic E-state index is 0.631. The van der Waals surface area contributed by atoms with E-state index >= 15 is 0 Å². The van der Waals surface area contributed by atoms with E-state index < -0.39 is 0 Å². The van der Waals surface area contributed by atoms with Crippen molar-refractivity contribution in [1.29, 1.82) is 0 Å². The molecule has 1 aliphatic rings. The Hall–Kier alpha value is 0.310. The zero-order valence-corrected chi connectivity index (χ0v) is 10.0. The molecule has 0 aromatic heterocycles. The fraction of sp³-hybridized carbons (Fsp3) is 1.00. The molecule has 1 fully saturated rings. The summed E-state index contributed by atoms with van der Waals surface area (Å²) in [5.74, 6) is 0.850. The summed E-state index contributed by atoms with van der Waals surface area (Å²) in [6.45, 7) is 7.04. The van der Waals surface area contributed by atoms with Crippen LogP contribution in [0.5, 0.6) is 0 Å². The summed E-state index contributed by atoms with van der Waals surface area (Å²) in [5, 5.41) is 3.60. The lowest BCUT2D eigenvalue weighted by molar-refractivity contribution is 0.474. The number of rotatable bonds is 7. The average molecular weight is 201 g/mol. The van der Waals surface area contributed by atoms with Crippen molar-refractivity contribution >= 4 is 11.8 Å².